The maximum Gasteiger partial charge on any atom is 0.213 e. The van der Waals surface area contributed by atoms with Crippen molar-refractivity contribution in [1.29, 1.82) is 0 Å². The van der Waals surface area contributed by atoms with Gasteiger partial charge in [-0.25, -0.2) is 0 Å². The van der Waals surface area contributed by atoms with Crippen molar-refractivity contribution in [3.63, 3.8) is 0 Å². The summed E-state index contributed by atoms with van der Waals surface area (Å²) in [6.45, 7) is 1.52. The number of methoxy groups -OCH3 is 1. The van der Waals surface area contributed by atoms with E-state index in [2.05, 4.69) is 0 Å². The van der Waals surface area contributed by atoms with Gasteiger partial charge < -0.3 is 9.84 Å². The third-order valence-corrected chi connectivity index (χ3v) is 2.93. The van der Waals surface area contributed by atoms with E-state index in [1.165, 1.54) is 0 Å². The molecule has 17 heavy (non-hydrogen) atoms. The Kier molecular flexibility index (Phi) is 4.45. The molecule has 0 amide bonds. The minimum atomic E-state index is -0.648. The van der Waals surface area contributed by atoms with Crippen LogP contribution < -0.4 is 4.74 Å². The molecule has 1 rings (SSSR count). The molecule has 1 N–H and O–H groups in total. The summed E-state index contributed by atoms with van der Waals surface area (Å²) in [6.07, 6.45) is 0.361. The van der Waals surface area contributed by atoms with Crippen LogP contribution >= 0.6 is 0 Å². The predicted molar refractivity (Wildman–Crippen MR) is 63.9 cm³/mol. The molecule has 0 aromatic heterocycles. The van der Waals surface area contributed by atoms with Crippen molar-refractivity contribution < 1.29 is 14.8 Å². The third-order valence-electron chi connectivity index (χ3n) is 2.93. The zero-order valence-electron chi connectivity index (χ0n) is 10.0. The predicted octanol–water partition coefficient (Wildman–Crippen LogP) is 1.61. The molecule has 0 radical (unpaired) electrons. The Labute approximate surface area is 100 Å². The number of hydrogen-bond acceptors (Lipinski definition) is 4. The van der Waals surface area contributed by atoms with Crippen LogP contribution in [0, 0.1) is 10.1 Å². The summed E-state index contributed by atoms with van der Waals surface area (Å²) in [6, 6.07) is 7.14. The second kappa shape index (κ2) is 5.63. The highest BCUT2D eigenvalue weighted by atomic mass is 16.6. The van der Waals surface area contributed by atoms with Gasteiger partial charge in [-0.3, -0.25) is 10.1 Å². The molecule has 0 aliphatic carbocycles. The van der Waals surface area contributed by atoms with Gasteiger partial charge in [0.15, 0.2) is 0 Å². The second-order valence-corrected chi connectivity index (χ2v) is 4.25. The van der Waals surface area contributed by atoms with Crippen molar-refractivity contribution in [1.82, 2.24) is 0 Å². The van der Waals surface area contributed by atoms with Gasteiger partial charge in [0.25, 0.3) is 0 Å². The summed E-state index contributed by atoms with van der Waals surface area (Å²) in [7, 11) is 1.57. The number of ether oxygens (including phenoxy) is 1. The molecule has 0 heterocycles. The maximum absolute atomic E-state index is 10.7. The van der Waals surface area contributed by atoms with Gasteiger partial charge in [-0.05, 0) is 31.0 Å². The Bertz CT molecular complexity index is 377. The fraction of sp³-hybridized carbons (Fsp3) is 0.500. The van der Waals surface area contributed by atoms with Crippen LogP contribution in [0.3, 0.4) is 0 Å². The number of nitro groups is 1. The van der Waals surface area contributed by atoms with Gasteiger partial charge in [0, 0.05) is 11.5 Å². The van der Waals surface area contributed by atoms with Crippen LogP contribution in [0.4, 0.5) is 0 Å². The van der Waals surface area contributed by atoms with Crippen molar-refractivity contribution in [2.24, 2.45) is 0 Å². The molecule has 1 atom stereocenters. The largest absolute Gasteiger partial charge is 0.497 e. The molecule has 0 unspecified atom stereocenters. The summed E-state index contributed by atoms with van der Waals surface area (Å²) in [5.41, 5.74) is 0.189. The number of aliphatic hydroxyl groups excluding tert-OH is 1. The van der Waals surface area contributed by atoms with E-state index in [-0.39, 0.29) is 18.1 Å². The highest BCUT2D eigenvalue weighted by Gasteiger charge is 2.31. The van der Waals surface area contributed by atoms with Gasteiger partial charge >= 0.3 is 0 Å². The lowest BCUT2D eigenvalue weighted by molar-refractivity contribution is -0.490. The van der Waals surface area contributed by atoms with Crippen LogP contribution in [-0.2, 0) is 5.41 Å². The maximum atomic E-state index is 10.7. The fourth-order valence-electron chi connectivity index (χ4n) is 1.84. The molecule has 5 nitrogen and oxygen atoms in total. The molecule has 1 aromatic carbocycles. The highest BCUT2D eigenvalue weighted by molar-refractivity contribution is 5.32. The molecule has 0 saturated carbocycles. The first-order chi connectivity index (χ1) is 8.01. The smallest absolute Gasteiger partial charge is 0.213 e. The topological polar surface area (TPSA) is 72.6 Å². The lowest BCUT2D eigenvalue weighted by atomic mass is 9.80. The molecular weight excluding hydrogens is 222 g/mol. The molecule has 5 heteroatoms. The average molecular weight is 239 g/mol. The highest BCUT2D eigenvalue weighted by Crippen LogP contribution is 2.29. The Morgan fingerprint density at radius 1 is 1.41 bits per heavy atom. The van der Waals surface area contributed by atoms with Gasteiger partial charge in [0.1, 0.15) is 5.75 Å². The lowest BCUT2D eigenvalue weighted by Crippen LogP contribution is -2.32. The van der Waals surface area contributed by atoms with Gasteiger partial charge in [0.2, 0.25) is 6.54 Å². The molecular formula is C12H17NO4. The summed E-state index contributed by atoms with van der Waals surface area (Å²) >= 11 is 0. The summed E-state index contributed by atoms with van der Waals surface area (Å²) in [4.78, 5) is 10.3. The quantitative estimate of drug-likeness (QED) is 0.604. The minimum absolute atomic E-state index is 0.0730. The zero-order chi connectivity index (χ0) is 12.9. The summed E-state index contributed by atoms with van der Waals surface area (Å²) in [5, 5.41) is 19.7. The monoisotopic (exact) mass is 239 g/mol. The molecule has 0 fully saturated rings. The van der Waals surface area contributed by atoms with Gasteiger partial charge in [-0.15, -0.1) is 0 Å². The van der Waals surface area contributed by atoms with Crippen LogP contribution in [0.15, 0.2) is 24.3 Å². The van der Waals surface area contributed by atoms with Gasteiger partial charge in [-0.1, -0.05) is 12.1 Å². The van der Waals surface area contributed by atoms with Crippen molar-refractivity contribution in [3.8, 4) is 5.75 Å². The standard InChI is InChI=1S/C12H17NO4/c1-12(7-8-14,9-13(15)16)10-3-5-11(17-2)6-4-10/h3-6,14H,7-9H2,1-2H3/t12-/m1/s1. The summed E-state index contributed by atoms with van der Waals surface area (Å²) < 4.78 is 5.04. The summed E-state index contributed by atoms with van der Waals surface area (Å²) in [5.74, 6) is 0.709. The molecule has 0 saturated heterocycles. The van der Waals surface area contributed by atoms with E-state index in [0.717, 1.165) is 5.56 Å². The Morgan fingerprint density at radius 3 is 2.41 bits per heavy atom. The zero-order valence-corrected chi connectivity index (χ0v) is 10.0. The number of aliphatic hydroxyl groups is 1. The van der Waals surface area contributed by atoms with E-state index in [1.54, 1.807) is 38.3 Å². The molecule has 94 valence electrons. The minimum Gasteiger partial charge on any atom is -0.497 e. The molecule has 1 aromatic rings. The van der Waals surface area contributed by atoms with E-state index in [0.29, 0.717) is 12.2 Å². The Morgan fingerprint density at radius 2 is 2.00 bits per heavy atom. The normalized spacial score (nSPS) is 14.1. The van der Waals surface area contributed by atoms with Crippen molar-refractivity contribution in [2.45, 2.75) is 18.8 Å². The molecule has 0 aliphatic heterocycles. The second-order valence-electron chi connectivity index (χ2n) is 4.25. The third kappa shape index (κ3) is 3.42. The fourth-order valence-corrected chi connectivity index (χ4v) is 1.84. The first-order valence-electron chi connectivity index (χ1n) is 5.39. The van der Waals surface area contributed by atoms with E-state index >= 15 is 0 Å². The van der Waals surface area contributed by atoms with E-state index in [4.69, 9.17) is 9.84 Å². The van der Waals surface area contributed by atoms with Crippen LogP contribution in [0.25, 0.3) is 0 Å². The van der Waals surface area contributed by atoms with Crippen LogP contribution in [0.2, 0.25) is 0 Å². The van der Waals surface area contributed by atoms with Crippen molar-refractivity contribution in [3.05, 3.63) is 39.9 Å². The van der Waals surface area contributed by atoms with Crippen molar-refractivity contribution in [2.75, 3.05) is 20.3 Å². The van der Waals surface area contributed by atoms with E-state index in [9.17, 15) is 10.1 Å². The number of nitrogens with zero attached hydrogens (tertiary/aromatic N) is 1. The Hall–Kier alpha value is -1.62. The first kappa shape index (κ1) is 13.4. The number of rotatable bonds is 6. The van der Waals surface area contributed by atoms with Crippen LogP contribution in [0.5, 0.6) is 5.75 Å². The number of benzene rings is 1. The molecule has 0 spiro atoms. The van der Waals surface area contributed by atoms with Crippen molar-refractivity contribution >= 4 is 0 Å². The lowest BCUT2D eigenvalue weighted by Gasteiger charge is -2.25. The van der Waals surface area contributed by atoms with Crippen LogP contribution in [-0.4, -0.2) is 30.3 Å². The molecule has 0 aliphatic rings. The van der Waals surface area contributed by atoms with Gasteiger partial charge in [-0.2, -0.15) is 0 Å². The van der Waals surface area contributed by atoms with E-state index in [1.807, 2.05) is 0 Å². The Balaban J connectivity index is 2.99. The van der Waals surface area contributed by atoms with Crippen LogP contribution in [0.1, 0.15) is 18.9 Å². The van der Waals surface area contributed by atoms with Gasteiger partial charge in [0.05, 0.1) is 12.5 Å². The SMILES string of the molecule is COc1ccc([C@](C)(CCO)C[N+](=O)[O-])cc1. The number of hydrogen-bond donors (Lipinski definition) is 1. The van der Waals surface area contributed by atoms with E-state index < -0.39 is 5.41 Å². The first-order valence-corrected chi connectivity index (χ1v) is 5.39. The molecule has 0 bridgehead atoms. The average Bonchev–Trinajstić information content (AvgIpc) is 2.28.